The summed E-state index contributed by atoms with van der Waals surface area (Å²) in [6.45, 7) is 1.64. The van der Waals surface area contributed by atoms with Crippen LogP contribution in [0.1, 0.15) is 31.2 Å². The van der Waals surface area contributed by atoms with Gasteiger partial charge in [-0.05, 0) is 67.9 Å². The predicted octanol–water partition coefficient (Wildman–Crippen LogP) is 4.74. The van der Waals surface area contributed by atoms with Gasteiger partial charge in [0.2, 0.25) is 0 Å². The number of hydrogen-bond acceptors (Lipinski definition) is 5. The maximum Gasteiger partial charge on any atom is 0.416 e. The van der Waals surface area contributed by atoms with E-state index < -0.39 is 17.7 Å². The zero-order valence-corrected chi connectivity index (χ0v) is 18.8. The van der Waals surface area contributed by atoms with Gasteiger partial charge in [-0.3, -0.25) is 4.79 Å². The number of benzene rings is 1. The number of hydrogen-bond donors (Lipinski definition) is 2. The number of aromatic amines is 1. The molecule has 0 amide bonds. The number of alkyl halides is 3. The van der Waals surface area contributed by atoms with Gasteiger partial charge >= 0.3 is 12.1 Å². The van der Waals surface area contributed by atoms with E-state index in [4.69, 9.17) is 9.84 Å². The van der Waals surface area contributed by atoms with Gasteiger partial charge in [0, 0.05) is 24.8 Å². The fourth-order valence-corrected chi connectivity index (χ4v) is 5.79. The summed E-state index contributed by atoms with van der Waals surface area (Å²) in [7, 11) is 0. The molecule has 2 saturated carbocycles. The van der Waals surface area contributed by atoms with E-state index in [1.165, 1.54) is 6.07 Å². The molecule has 3 heterocycles. The number of fused-ring (bicyclic) bond motifs is 2. The molecule has 1 aliphatic heterocycles. The van der Waals surface area contributed by atoms with E-state index in [-0.39, 0.29) is 23.6 Å². The number of nitrogens with zero attached hydrogens (tertiary/aromatic N) is 3. The first-order valence-corrected chi connectivity index (χ1v) is 11.9. The molecular formula is C25H25F3N4O3. The predicted molar refractivity (Wildman–Crippen MR) is 122 cm³/mol. The quantitative estimate of drug-likeness (QED) is 0.542. The smallest absolute Gasteiger partial charge is 0.416 e. The second-order valence-electron chi connectivity index (χ2n) is 9.83. The van der Waals surface area contributed by atoms with Crippen LogP contribution in [-0.4, -0.2) is 51.3 Å². The van der Waals surface area contributed by atoms with Crippen molar-refractivity contribution in [2.45, 2.75) is 44.1 Å². The van der Waals surface area contributed by atoms with Crippen LogP contribution in [0.25, 0.3) is 22.4 Å². The molecule has 1 saturated heterocycles. The summed E-state index contributed by atoms with van der Waals surface area (Å²) in [5.74, 6) is 1.11. The molecule has 3 aliphatic rings. The van der Waals surface area contributed by atoms with Crippen molar-refractivity contribution in [2.24, 2.45) is 17.8 Å². The molecule has 2 aromatic heterocycles. The Hall–Kier alpha value is -3.14. The number of piperidine rings is 1. The number of imidazole rings is 1. The van der Waals surface area contributed by atoms with Crippen LogP contribution in [0.15, 0.2) is 36.5 Å². The van der Waals surface area contributed by atoms with Crippen molar-refractivity contribution < 1.29 is 27.8 Å². The van der Waals surface area contributed by atoms with Gasteiger partial charge in [-0.15, -0.1) is 0 Å². The van der Waals surface area contributed by atoms with E-state index in [0.717, 1.165) is 56.7 Å². The van der Waals surface area contributed by atoms with Crippen LogP contribution in [0.3, 0.4) is 0 Å². The topological polar surface area (TPSA) is 91.3 Å². The van der Waals surface area contributed by atoms with E-state index in [0.29, 0.717) is 28.7 Å². The van der Waals surface area contributed by atoms with Crippen LogP contribution in [0.5, 0.6) is 0 Å². The molecule has 3 aromatic rings. The second-order valence-corrected chi connectivity index (χ2v) is 9.83. The normalized spacial score (nSPS) is 26.8. The Balaban J connectivity index is 1.05. The zero-order valence-electron chi connectivity index (χ0n) is 18.8. The standard InChI is InChI=1S/C25H25F3N4O3/c26-25(27,28)14-2-3-19-20(9-14)31-23(30-19)13-1-4-21(29-12-13)32-7-5-15(6-8-32)35-16-10-17-18(11-16)22(17)24(33)34/h1-4,9,12,15-18,22H,5-8,10-11H2,(H,30,31)(H,33,34)/t16-,17-,18+,22-. The van der Waals surface area contributed by atoms with Gasteiger partial charge in [-0.25, -0.2) is 9.97 Å². The Bertz CT molecular complexity index is 1240. The lowest BCUT2D eigenvalue weighted by Gasteiger charge is -2.34. The summed E-state index contributed by atoms with van der Waals surface area (Å²) < 4.78 is 45.2. The Morgan fingerprint density at radius 1 is 1.09 bits per heavy atom. The Morgan fingerprint density at radius 3 is 2.46 bits per heavy atom. The Morgan fingerprint density at radius 2 is 1.83 bits per heavy atom. The number of pyridine rings is 1. The summed E-state index contributed by atoms with van der Waals surface area (Å²) in [5, 5.41) is 9.16. The van der Waals surface area contributed by atoms with E-state index in [9.17, 15) is 18.0 Å². The maximum atomic E-state index is 13.0. The Kier molecular flexibility index (Phi) is 5.24. The number of aliphatic carboxylic acids is 1. The number of rotatable bonds is 5. The molecule has 184 valence electrons. The lowest BCUT2D eigenvalue weighted by atomic mass is 10.1. The monoisotopic (exact) mass is 486 g/mol. The number of carbonyl (C=O) groups is 1. The van der Waals surface area contributed by atoms with Crippen LogP contribution in [0.4, 0.5) is 19.0 Å². The van der Waals surface area contributed by atoms with Crippen LogP contribution in [0.2, 0.25) is 0 Å². The molecule has 4 atom stereocenters. The van der Waals surface area contributed by atoms with Gasteiger partial charge in [-0.1, -0.05) is 0 Å². The van der Waals surface area contributed by atoms with Crippen molar-refractivity contribution in [1.29, 1.82) is 0 Å². The molecular weight excluding hydrogens is 461 g/mol. The van der Waals surface area contributed by atoms with Crippen molar-refractivity contribution in [3.63, 3.8) is 0 Å². The number of anilines is 1. The van der Waals surface area contributed by atoms with E-state index in [2.05, 4.69) is 19.9 Å². The number of ether oxygens (including phenoxy) is 1. The highest BCUT2D eigenvalue weighted by molar-refractivity contribution is 5.80. The van der Waals surface area contributed by atoms with Crippen molar-refractivity contribution in [1.82, 2.24) is 15.0 Å². The maximum absolute atomic E-state index is 13.0. The average Bonchev–Trinajstić information content (AvgIpc) is 3.15. The second kappa shape index (κ2) is 8.22. The lowest BCUT2D eigenvalue weighted by molar-refractivity contribution is -0.140. The average molecular weight is 486 g/mol. The van der Waals surface area contributed by atoms with E-state index >= 15 is 0 Å². The molecule has 35 heavy (non-hydrogen) atoms. The molecule has 7 nitrogen and oxygen atoms in total. The summed E-state index contributed by atoms with van der Waals surface area (Å²) >= 11 is 0. The highest BCUT2D eigenvalue weighted by atomic mass is 19.4. The van der Waals surface area contributed by atoms with Gasteiger partial charge in [0.05, 0.1) is 34.7 Å². The van der Waals surface area contributed by atoms with Gasteiger partial charge in [0.25, 0.3) is 0 Å². The first-order chi connectivity index (χ1) is 16.8. The fourth-order valence-electron chi connectivity index (χ4n) is 5.79. The molecule has 1 aromatic carbocycles. The SMILES string of the molecule is O=C(O)[C@@H]1[C@@H]2C[C@@H](OC3CCN(c4ccc(-c5nc6cc(C(F)(F)F)ccc6[nH]5)cn4)CC3)C[C@@H]21. The molecule has 0 spiro atoms. The van der Waals surface area contributed by atoms with Crippen molar-refractivity contribution in [3.8, 4) is 11.4 Å². The van der Waals surface area contributed by atoms with Gasteiger partial charge in [0.1, 0.15) is 11.6 Å². The van der Waals surface area contributed by atoms with Crippen molar-refractivity contribution in [2.75, 3.05) is 18.0 Å². The third kappa shape index (κ3) is 4.24. The number of carboxylic acids is 1. The highest BCUT2D eigenvalue weighted by Gasteiger charge is 2.60. The zero-order chi connectivity index (χ0) is 24.3. The third-order valence-electron chi connectivity index (χ3n) is 7.67. The number of H-pyrrole nitrogens is 1. The van der Waals surface area contributed by atoms with Gasteiger partial charge in [0.15, 0.2) is 0 Å². The van der Waals surface area contributed by atoms with Crippen LogP contribution >= 0.6 is 0 Å². The number of nitrogens with one attached hydrogen (secondary N) is 1. The van der Waals surface area contributed by atoms with Gasteiger partial charge in [-0.2, -0.15) is 13.2 Å². The lowest BCUT2D eigenvalue weighted by Crippen LogP contribution is -2.38. The van der Waals surface area contributed by atoms with E-state index in [1.54, 1.807) is 6.20 Å². The van der Waals surface area contributed by atoms with Crippen molar-refractivity contribution >= 4 is 22.8 Å². The first-order valence-electron chi connectivity index (χ1n) is 11.9. The minimum atomic E-state index is -4.41. The largest absolute Gasteiger partial charge is 0.481 e. The summed E-state index contributed by atoms with van der Waals surface area (Å²) in [4.78, 5) is 25.3. The van der Waals surface area contributed by atoms with Gasteiger partial charge < -0.3 is 19.7 Å². The van der Waals surface area contributed by atoms with E-state index in [1.807, 2.05) is 12.1 Å². The highest BCUT2D eigenvalue weighted by Crippen LogP contribution is 2.58. The summed E-state index contributed by atoms with van der Waals surface area (Å²) in [6, 6.07) is 7.25. The minimum Gasteiger partial charge on any atom is -0.481 e. The Labute approximate surface area is 199 Å². The minimum absolute atomic E-state index is 0.150. The molecule has 2 aliphatic carbocycles. The molecule has 3 fully saturated rings. The third-order valence-corrected chi connectivity index (χ3v) is 7.67. The molecule has 0 unspecified atom stereocenters. The number of halogens is 3. The van der Waals surface area contributed by atoms with Crippen molar-refractivity contribution in [3.05, 3.63) is 42.1 Å². The van der Waals surface area contributed by atoms with Crippen LogP contribution in [-0.2, 0) is 15.7 Å². The number of carboxylic acid groups (broad SMARTS) is 1. The summed E-state index contributed by atoms with van der Waals surface area (Å²) in [5.41, 5.74) is 0.783. The molecule has 6 rings (SSSR count). The van der Waals surface area contributed by atoms with Crippen LogP contribution in [0, 0.1) is 17.8 Å². The fraction of sp³-hybridized carbons (Fsp3) is 0.480. The molecule has 2 N–H and O–H groups in total. The first kappa shape index (κ1) is 22.3. The number of aromatic nitrogens is 3. The van der Waals surface area contributed by atoms with Crippen LogP contribution < -0.4 is 4.90 Å². The molecule has 0 radical (unpaired) electrons. The summed E-state index contributed by atoms with van der Waals surface area (Å²) in [6.07, 6.45) is 1.17. The molecule has 0 bridgehead atoms. The molecule has 10 heteroatoms.